The van der Waals surface area contributed by atoms with Gasteiger partial charge in [0.2, 0.25) is 0 Å². The molecule has 0 amide bonds. The van der Waals surface area contributed by atoms with Crippen LogP contribution >= 0.6 is 27.5 Å². The summed E-state index contributed by atoms with van der Waals surface area (Å²) in [4.78, 5) is 0. The van der Waals surface area contributed by atoms with Crippen molar-refractivity contribution in [2.24, 2.45) is 5.92 Å². The molecule has 1 nitrogen and oxygen atoms in total. The predicted molar refractivity (Wildman–Crippen MR) is 66.6 cm³/mol. The van der Waals surface area contributed by atoms with Gasteiger partial charge < -0.3 is 4.74 Å². The molecule has 1 unspecified atom stereocenters. The Morgan fingerprint density at radius 2 is 2.27 bits per heavy atom. The molecule has 0 radical (unpaired) electrons. The standard InChI is InChI=1S/C12H14BrClO/c1-15-12-5-4-9(7-10(12)13)11(14)6-8-2-3-8/h4-5,7-8,11H,2-3,6H2,1H3. The summed E-state index contributed by atoms with van der Waals surface area (Å²) >= 11 is 9.82. The predicted octanol–water partition coefficient (Wildman–Crippen LogP) is 4.54. The van der Waals surface area contributed by atoms with Crippen LogP contribution in [0.3, 0.4) is 0 Å². The number of hydrogen-bond acceptors (Lipinski definition) is 1. The van der Waals surface area contributed by atoms with Gasteiger partial charge in [0.05, 0.1) is 17.0 Å². The first-order valence-electron chi connectivity index (χ1n) is 5.18. The molecule has 3 heteroatoms. The van der Waals surface area contributed by atoms with Gasteiger partial charge in [-0.2, -0.15) is 0 Å². The molecule has 0 spiro atoms. The first-order chi connectivity index (χ1) is 7.20. The van der Waals surface area contributed by atoms with Crippen LogP contribution in [0, 0.1) is 5.92 Å². The Kier molecular flexibility index (Phi) is 3.57. The van der Waals surface area contributed by atoms with Crippen LogP contribution in [-0.2, 0) is 0 Å². The largest absolute Gasteiger partial charge is 0.496 e. The van der Waals surface area contributed by atoms with Crippen molar-refractivity contribution in [2.75, 3.05) is 7.11 Å². The minimum atomic E-state index is 0.139. The van der Waals surface area contributed by atoms with Gasteiger partial charge in [-0.15, -0.1) is 11.6 Å². The van der Waals surface area contributed by atoms with Gasteiger partial charge in [-0.05, 0) is 46.0 Å². The van der Waals surface area contributed by atoms with Crippen LogP contribution in [0.4, 0.5) is 0 Å². The molecule has 0 heterocycles. The number of benzene rings is 1. The molecule has 0 saturated heterocycles. The zero-order valence-corrected chi connectivity index (χ0v) is 11.0. The highest BCUT2D eigenvalue weighted by molar-refractivity contribution is 9.10. The molecular weight excluding hydrogens is 275 g/mol. The average molecular weight is 290 g/mol. The molecule has 1 fully saturated rings. The highest BCUT2D eigenvalue weighted by atomic mass is 79.9. The molecule has 1 aliphatic rings. The molecule has 0 bridgehead atoms. The van der Waals surface area contributed by atoms with E-state index in [0.29, 0.717) is 0 Å². The summed E-state index contributed by atoms with van der Waals surface area (Å²) in [7, 11) is 1.67. The topological polar surface area (TPSA) is 9.23 Å². The molecule has 2 rings (SSSR count). The normalized spacial score (nSPS) is 17.5. The summed E-state index contributed by atoms with van der Waals surface area (Å²) < 4.78 is 6.16. The summed E-state index contributed by atoms with van der Waals surface area (Å²) in [6.45, 7) is 0. The zero-order chi connectivity index (χ0) is 10.8. The second kappa shape index (κ2) is 4.75. The third-order valence-corrected chi connectivity index (χ3v) is 3.82. The lowest BCUT2D eigenvalue weighted by molar-refractivity contribution is 0.412. The van der Waals surface area contributed by atoms with Crippen LogP contribution in [0.5, 0.6) is 5.75 Å². The van der Waals surface area contributed by atoms with Gasteiger partial charge in [0.15, 0.2) is 0 Å². The smallest absolute Gasteiger partial charge is 0.133 e. The third kappa shape index (κ3) is 2.88. The van der Waals surface area contributed by atoms with Gasteiger partial charge in [0.1, 0.15) is 5.75 Å². The summed E-state index contributed by atoms with van der Waals surface area (Å²) in [5.74, 6) is 1.71. The second-order valence-corrected chi connectivity index (χ2v) is 5.42. The molecule has 82 valence electrons. The zero-order valence-electron chi connectivity index (χ0n) is 8.67. The van der Waals surface area contributed by atoms with Crippen molar-refractivity contribution in [3.8, 4) is 5.75 Å². The van der Waals surface area contributed by atoms with E-state index in [1.54, 1.807) is 7.11 Å². The van der Waals surface area contributed by atoms with Crippen molar-refractivity contribution < 1.29 is 4.74 Å². The minimum Gasteiger partial charge on any atom is -0.496 e. The van der Waals surface area contributed by atoms with E-state index in [0.717, 1.165) is 22.6 Å². The van der Waals surface area contributed by atoms with Crippen molar-refractivity contribution in [2.45, 2.75) is 24.6 Å². The fourth-order valence-electron chi connectivity index (χ4n) is 1.66. The Bertz CT molecular complexity index is 349. The molecule has 0 N–H and O–H groups in total. The van der Waals surface area contributed by atoms with E-state index in [9.17, 15) is 0 Å². The van der Waals surface area contributed by atoms with Gasteiger partial charge >= 0.3 is 0 Å². The maximum atomic E-state index is 6.35. The Hall–Kier alpha value is -0.210. The van der Waals surface area contributed by atoms with E-state index in [4.69, 9.17) is 16.3 Å². The highest BCUT2D eigenvalue weighted by Crippen LogP contribution is 2.41. The van der Waals surface area contributed by atoms with E-state index in [1.165, 1.54) is 18.4 Å². The first-order valence-corrected chi connectivity index (χ1v) is 6.41. The van der Waals surface area contributed by atoms with Crippen LogP contribution in [0.1, 0.15) is 30.2 Å². The summed E-state index contributed by atoms with van der Waals surface area (Å²) in [5.41, 5.74) is 1.18. The molecule has 0 aromatic heterocycles. The number of methoxy groups -OCH3 is 1. The van der Waals surface area contributed by atoms with E-state index in [2.05, 4.69) is 22.0 Å². The van der Waals surface area contributed by atoms with Crippen molar-refractivity contribution in [1.82, 2.24) is 0 Å². The maximum absolute atomic E-state index is 6.35. The third-order valence-electron chi connectivity index (χ3n) is 2.77. The van der Waals surface area contributed by atoms with Crippen LogP contribution in [0.15, 0.2) is 22.7 Å². The van der Waals surface area contributed by atoms with Gasteiger partial charge in [-0.1, -0.05) is 18.9 Å². The summed E-state index contributed by atoms with van der Waals surface area (Å²) in [6.07, 6.45) is 3.79. The fourth-order valence-corrected chi connectivity index (χ4v) is 2.61. The number of ether oxygens (including phenoxy) is 1. The van der Waals surface area contributed by atoms with Crippen LogP contribution in [-0.4, -0.2) is 7.11 Å². The average Bonchev–Trinajstić information content (AvgIpc) is 3.01. The Labute approximate surface area is 104 Å². The first kappa shape index (κ1) is 11.3. The number of hydrogen-bond donors (Lipinski definition) is 0. The SMILES string of the molecule is COc1ccc(C(Cl)CC2CC2)cc1Br. The minimum absolute atomic E-state index is 0.139. The fraction of sp³-hybridized carbons (Fsp3) is 0.500. The number of alkyl halides is 1. The second-order valence-electron chi connectivity index (χ2n) is 4.04. The van der Waals surface area contributed by atoms with E-state index in [1.807, 2.05) is 12.1 Å². The summed E-state index contributed by atoms with van der Waals surface area (Å²) in [5, 5.41) is 0.139. The monoisotopic (exact) mass is 288 g/mol. The molecular formula is C12H14BrClO. The Morgan fingerprint density at radius 3 is 2.80 bits per heavy atom. The number of rotatable bonds is 4. The molecule has 0 aliphatic heterocycles. The van der Waals surface area contributed by atoms with Crippen LogP contribution in [0.2, 0.25) is 0 Å². The van der Waals surface area contributed by atoms with Gasteiger partial charge in [0.25, 0.3) is 0 Å². The molecule has 1 aromatic rings. The van der Waals surface area contributed by atoms with Gasteiger partial charge in [-0.3, -0.25) is 0 Å². The van der Waals surface area contributed by atoms with Crippen LogP contribution < -0.4 is 4.74 Å². The van der Waals surface area contributed by atoms with Crippen molar-refractivity contribution in [1.29, 1.82) is 0 Å². The molecule has 1 atom stereocenters. The maximum Gasteiger partial charge on any atom is 0.133 e. The Balaban J connectivity index is 2.09. The van der Waals surface area contributed by atoms with Crippen LogP contribution in [0.25, 0.3) is 0 Å². The lowest BCUT2D eigenvalue weighted by Gasteiger charge is -2.11. The summed E-state index contributed by atoms with van der Waals surface area (Å²) in [6, 6.07) is 6.06. The van der Waals surface area contributed by atoms with Gasteiger partial charge in [0, 0.05) is 0 Å². The van der Waals surface area contributed by atoms with E-state index >= 15 is 0 Å². The Morgan fingerprint density at radius 1 is 1.53 bits per heavy atom. The lowest BCUT2D eigenvalue weighted by atomic mass is 10.1. The highest BCUT2D eigenvalue weighted by Gasteiger charge is 2.25. The van der Waals surface area contributed by atoms with Crippen molar-refractivity contribution in [3.63, 3.8) is 0 Å². The molecule has 1 aliphatic carbocycles. The van der Waals surface area contributed by atoms with Crippen molar-refractivity contribution >= 4 is 27.5 Å². The molecule has 1 saturated carbocycles. The molecule has 1 aromatic carbocycles. The molecule has 15 heavy (non-hydrogen) atoms. The van der Waals surface area contributed by atoms with E-state index in [-0.39, 0.29) is 5.38 Å². The quantitative estimate of drug-likeness (QED) is 0.740. The lowest BCUT2D eigenvalue weighted by Crippen LogP contribution is -1.93. The van der Waals surface area contributed by atoms with Crippen molar-refractivity contribution in [3.05, 3.63) is 28.2 Å². The number of halogens is 2. The van der Waals surface area contributed by atoms with E-state index < -0.39 is 0 Å². The van der Waals surface area contributed by atoms with Gasteiger partial charge in [-0.25, -0.2) is 0 Å².